The van der Waals surface area contributed by atoms with E-state index in [-0.39, 0.29) is 18.6 Å². The molecule has 0 aliphatic carbocycles. The second-order valence-corrected chi connectivity index (χ2v) is 6.22. The summed E-state index contributed by atoms with van der Waals surface area (Å²) in [5.74, 6) is 1.25. The van der Waals surface area contributed by atoms with Crippen molar-refractivity contribution >= 4 is 6.03 Å². The van der Waals surface area contributed by atoms with Gasteiger partial charge in [0, 0.05) is 12.1 Å². The van der Waals surface area contributed by atoms with Gasteiger partial charge in [-0.15, -0.1) is 0 Å². The van der Waals surface area contributed by atoms with Gasteiger partial charge in [0.15, 0.2) is 0 Å². The van der Waals surface area contributed by atoms with Crippen LogP contribution in [0.15, 0.2) is 24.3 Å². The summed E-state index contributed by atoms with van der Waals surface area (Å²) in [5, 5.41) is 15.5. The molecule has 0 saturated carbocycles. The van der Waals surface area contributed by atoms with Crippen LogP contribution in [-0.4, -0.2) is 30.4 Å². The molecule has 0 spiro atoms. The van der Waals surface area contributed by atoms with E-state index in [0.29, 0.717) is 18.9 Å². The van der Waals surface area contributed by atoms with Crippen molar-refractivity contribution in [1.82, 2.24) is 10.6 Å². The van der Waals surface area contributed by atoms with Gasteiger partial charge in [0.25, 0.3) is 0 Å². The molecule has 5 nitrogen and oxygen atoms in total. The largest absolute Gasteiger partial charge is 0.493 e. The summed E-state index contributed by atoms with van der Waals surface area (Å²) in [7, 11) is 0. The number of nitrogens with one attached hydrogen (secondary N) is 2. The molecule has 0 fully saturated rings. The Morgan fingerprint density at radius 2 is 2.18 bits per heavy atom. The molecule has 5 heteroatoms. The highest BCUT2D eigenvalue weighted by molar-refractivity contribution is 5.74. The molecule has 0 bridgehead atoms. The third-order valence-corrected chi connectivity index (χ3v) is 3.74. The zero-order chi connectivity index (χ0) is 15.9. The number of hydrogen-bond acceptors (Lipinski definition) is 3. The summed E-state index contributed by atoms with van der Waals surface area (Å²) in [6.07, 6.45) is 1.92. The van der Waals surface area contributed by atoms with Crippen LogP contribution in [0, 0.1) is 5.92 Å². The highest BCUT2D eigenvalue weighted by Gasteiger charge is 2.21. The van der Waals surface area contributed by atoms with Gasteiger partial charge in [0.05, 0.1) is 18.8 Å². The summed E-state index contributed by atoms with van der Waals surface area (Å²) in [5.41, 5.74) is 1.01. The second-order valence-electron chi connectivity index (χ2n) is 6.22. The molecule has 22 heavy (non-hydrogen) atoms. The van der Waals surface area contributed by atoms with Gasteiger partial charge in [-0.2, -0.15) is 0 Å². The molecule has 1 aliphatic heterocycles. The van der Waals surface area contributed by atoms with E-state index < -0.39 is 6.10 Å². The number of ether oxygens (including phenoxy) is 1. The fraction of sp³-hybridized carbons (Fsp3) is 0.588. The lowest BCUT2D eigenvalue weighted by Crippen LogP contribution is -2.41. The number of amides is 2. The first-order valence-electron chi connectivity index (χ1n) is 8.00. The van der Waals surface area contributed by atoms with E-state index in [1.165, 1.54) is 0 Å². The highest BCUT2D eigenvalue weighted by atomic mass is 16.5. The van der Waals surface area contributed by atoms with Gasteiger partial charge in [-0.3, -0.25) is 0 Å². The minimum atomic E-state index is -0.504. The van der Waals surface area contributed by atoms with Crippen molar-refractivity contribution in [2.75, 3.05) is 13.2 Å². The molecule has 0 saturated heterocycles. The van der Waals surface area contributed by atoms with Crippen LogP contribution in [0.5, 0.6) is 5.75 Å². The Kier molecular flexibility index (Phi) is 6.07. The Bertz CT molecular complexity index is 491. The van der Waals surface area contributed by atoms with Crippen molar-refractivity contribution in [3.05, 3.63) is 29.8 Å². The predicted octanol–water partition coefficient (Wildman–Crippen LogP) is 2.61. The normalized spacial score (nSPS) is 18.8. The van der Waals surface area contributed by atoms with Crippen molar-refractivity contribution in [2.24, 2.45) is 5.92 Å². The first-order valence-corrected chi connectivity index (χ1v) is 8.00. The third kappa shape index (κ3) is 4.91. The molecule has 1 heterocycles. The number of fused-ring (bicyclic) bond motifs is 1. The van der Waals surface area contributed by atoms with E-state index in [1.54, 1.807) is 0 Å². The number of para-hydroxylation sites is 1. The van der Waals surface area contributed by atoms with Gasteiger partial charge in [-0.05, 0) is 31.2 Å². The average Bonchev–Trinajstić information content (AvgIpc) is 2.67. The fourth-order valence-corrected chi connectivity index (χ4v) is 2.72. The van der Waals surface area contributed by atoms with Crippen LogP contribution in [0.3, 0.4) is 0 Å². The third-order valence-electron chi connectivity index (χ3n) is 3.74. The van der Waals surface area contributed by atoms with Gasteiger partial charge < -0.3 is 20.5 Å². The van der Waals surface area contributed by atoms with Crippen LogP contribution >= 0.6 is 0 Å². The smallest absolute Gasteiger partial charge is 0.315 e. The first kappa shape index (κ1) is 16.6. The summed E-state index contributed by atoms with van der Waals surface area (Å²) in [6.45, 7) is 5.04. The van der Waals surface area contributed by atoms with Crippen molar-refractivity contribution in [3.8, 4) is 5.75 Å². The molecule has 3 N–H and O–H groups in total. The second kappa shape index (κ2) is 8.03. The number of aliphatic hydroxyl groups excluding tert-OH is 1. The van der Waals surface area contributed by atoms with Gasteiger partial charge in [-0.25, -0.2) is 4.79 Å². The molecule has 2 amide bonds. The number of hydrogen-bond donors (Lipinski definition) is 3. The molecule has 1 aromatic carbocycles. The van der Waals surface area contributed by atoms with Crippen molar-refractivity contribution in [3.63, 3.8) is 0 Å². The fourth-order valence-electron chi connectivity index (χ4n) is 2.72. The van der Waals surface area contributed by atoms with E-state index in [1.807, 2.05) is 38.1 Å². The minimum Gasteiger partial charge on any atom is -0.493 e. The molecule has 122 valence electrons. The van der Waals surface area contributed by atoms with Gasteiger partial charge in [-0.1, -0.05) is 32.0 Å². The zero-order valence-electron chi connectivity index (χ0n) is 13.3. The van der Waals surface area contributed by atoms with E-state index in [9.17, 15) is 9.90 Å². The maximum Gasteiger partial charge on any atom is 0.315 e. The molecule has 2 atom stereocenters. The molecule has 2 unspecified atom stereocenters. The standard InChI is InChI=1S/C17H26N2O3/c1-12(2)10-13(20)11-18-17(21)19-15-7-5-9-22-16-8-4-3-6-14(15)16/h3-4,6,8,12-13,15,20H,5,7,9-11H2,1-2H3,(H2,18,19,21). The average molecular weight is 306 g/mol. The lowest BCUT2D eigenvalue weighted by molar-refractivity contribution is 0.146. The molecule has 2 rings (SSSR count). The van der Waals surface area contributed by atoms with Crippen LogP contribution in [-0.2, 0) is 0 Å². The SMILES string of the molecule is CC(C)CC(O)CNC(=O)NC1CCCOc2ccccc21. The van der Waals surface area contributed by atoms with Crippen LogP contribution < -0.4 is 15.4 Å². The molecular formula is C17H26N2O3. The van der Waals surface area contributed by atoms with E-state index >= 15 is 0 Å². The van der Waals surface area contributed by atoms with E-state index in [0.717, 1.165) is 24.2 Å². The van der Waals surface area contributed by atoms with Crippen LogP contribution in [0.4, 0.5) is 4.79 Å². The van der Waals surface area contributed by atoms with E-state index in [4.69, 9.17) is 4.74 Å². The van der Waals surface area contributed by atoms with Gasteiger partial charge >= 0.3 is 6.03 Å². The Morgan fingerprint density at radius 1 is 1.41 bits per heavy atom. The molecule has 1 aromatic rings. The summed E-state index contributed by atoms with van der Waals surface area (Å²) in [6, 6.07) is 7.50. The monoisotopic (exact) mass is 306 g/mol. The molecule has 0 aromatic heterocycles. The quantitative estimate of drug-likeness (QED) is 0.783. The number of benzene rings is 1. The first-order chi connectivity index (χ1) is 10.6. The lowest BCUT2D eigenvalue weighted by atomic mass is 10.0. The van der Waals surface area contributed by atoms with Crippen molar-refractivity contribution < 1.29 is 14.6 Å². The molecular weight excluding hydrogens is 280 g/mol. The van der Waals surface area contributed by atoms with Gasteiger partial charge in [0.1, 0.15) is 5.75 Å². The number of rotatable bonds is 5. The Morgan fingerprint density at radius 3 is 2.95 bits per heavy atom. The predicted molar refractivity (Wildman–Crippen MR) is 85.9 cm³/mol. The number of urea groups is 1. The summed E-state index contributed by atoms with van der Waals surface area (Å²) in [4.78, 5) is 12.0. The Labute approximate surface area is 132 Å². The number of carbonyl (C=O) groups excluding carboxylic acids is 1. The van der Waals surface area contributed by atoms with Crippen LogP contribution in [0.25, 0.3) is 0 Å². The Balaban J connectivity index is 1.88. The highest BCUT2D eigenvalue weighted by Crippen LogP contribution is 2.30. The number of aliphatic hydroxyl groups is 1. The zero-order valence-corrected chi connectivity index (χ0v) is 13.3. The summed E-state index contributed by atoms with van der Waals surface area (Å²) >= 11 is 0. The lowest BCUT2D eigenvalue weighted by Gasteiger charge is -2.20. The Hall–Kier alpha value is -1.75. The molecule has 1 aliphatic rings. The van der Waals surface area contributed by atoms with Crippen molar-refractivity contribution in [1.29, 1.82) is 0 Å². The minimum absolute atomic E-state index is 0.0547. The maximum absolute atomic E-state index is 12.0. The van der Waals surface area contributed by atoms with Crippen LogP contribution in [0.1, 0.15) is 44.7 Å². The molecule has 0 radical (unpaired) electrons. The van der Waals surface area contributed by atoms with Gasteiger partial charge in [0.2, 0.25) is 0 Å². The summed E-state index contributed by atoms with van der Waals surface area (Å²) < 4.78 is 5.69. The van der Waals surface area contributed by atoms with Crippen LogP contribution in [0.2, 0.25) is 0 Å². The van der Waals surface area contributed by atoms with Crippen molar-refractivity contribution in [2.45, 2.75) is 45.3 Å². The van der Waals surface area contributed by atoms with E-state index in [2.05, 4.69) is 10.6 Å². The maximum atomic E-state index is 12.0. The number of carbonyl (C=O) groups is 1. The topological polar surface area (TPSA) is 70.6 Å².